The summed E-state index contributed by atoms with van der Waals surface area (Å²) in [5.41, 5.74) is 7.99. The number of hydrogen-bond donors (Lipinski definition) is 2. The van der Waals surface area contributed by atoms with E-state index in [1.54, 1.807) is 0 Å². The molecule has 1 fully saturated rings. The molecule has 0 unspecified atom stereocenters. The average molecular weight is 255 g/mol. The molecule has 1 aromatic carbocycles. The molecule has 1 saturated carbocycles. The Hall–Kier alpha value is -1.77. The van der Waals surface area contributed by atoms with Gasteiger partial charge in [0, 0.05) is 40.6 Å². The van der Waals surface area contributed by atoms with Crippen LogP contribution in [0, 0.1) is 5.92 Å². The second-order valence-corrected chi connectivity index (χ2v) is 5.72. The van der Waals surface area contributed by atoms with E-state index in [1.807, 2.05) is 24.5 Å². The number of nitrogens with one attached hydrogen (secondary N) is 1. The Morgan fingerprint density at radius 2 is 1.89 bits per heavy atom. The van der Waals surface area contributed by atoms with Crippen LogP contribution in [0.15, 0.2) is 30.6 Å². The topological polar surface area (TPSA) is 50.9 Å². The molecular formula is C16H21N3. The lowest BCUT2D eigenvalue weighted by molar-refractivity contribution is 0.361. The fraction of sp³-hybridized carbons (Fsp3) is 0.438. The van der Waals surface area contributed by atoms with E-state index in [9.17, 15) is 0 Å². The largest absolute Gasteiger partial charge is 0.398 e. The molecule has 3 nitrogen and oxygen atoms in total. The van der Waals surface area contributed by atoms with Gasteiger partial charge in [-0.2, -0.15) is 0 Å². The minimum atomic E-state index is 0.594. The molecular weight excluding hydrogens is 234 g/mol. The number of nitrogens with zero attached hydrogens (tertiary/aromatic N) is 1. The normalized spacial score (nSPS) is 23.4. The molecule has 3 N–H and O–H groups in total. The number of nitrogens with two attached hydrogens (primary N) is 1. The molecule has 0 spiro atoms. The second-order valence-electron chi connectivity index (χ2n) is 5.72. The van der Waals surface area contributed by atoms with Gasteiger partial charge in [-0.25, -0.2) is 0 Å². The first-order valence-corrected chi connectivity index (χ1v) is 7.13. The van der Waals surface area contributed by atoms with Gasteiger partial charge in [0.2, 0.25) is 0 Å². The van der Waals surface area contributed by atoms with E-state index in [0.717, 1.165) is 17.0 Å². The summed E-state index contributed by atoms with van der Waals surface area (Å²) in [5.74, 6) is 0.880. The molecule has 100 valence electrons. The first-order chi connectivity index (χ1) is 9.24. The number of hydrogen-bond acceptors (Lipinski definition) is 3. The molecule has 0 saturated heterocycles. The quantitative estimate of drug-likeness (QED) is 0.802. The van der Waals surface area contributed by atoms with Crippen molar-refractivity contribution in [2.45, 2.75) is 38.6 Å². The van der Waals surface area contributed by atoms with E-state index >= 15 is 0 Å². The van der Waals surface area contributed by atoms with Gasteiger partial charge in [0.15, 0.2) is 0 Å². The highest BCUT2D eigenvalue weighted by Gasteiger charge is 2.18. The van der Waals surface area contributed by atoms with E-state index in [0.29, 0.717) is 6.04 Å². The summed E-state index contributed by atoms with van der Waals surface area (Å²) in [5, 5.41) is 5.90. The van der Waals surface area contributed by atoms with Gasteiger partial charge in [-0.05, 0) is 49.8 Å². The molecule has 0 aliphatic heterocycles. The molecule has 1 aliphatic rings. The number of aromatic nitrogens is 1. The van der Waals surface area contributed by atoms with Gasteiger partial charge in [-0.1, -0.05) is 6.92 Å². The Labute approximate surface area is 114 Å². The van der Waals surface area contributed by atoms with Crippen molar-refractivity contribution >= 4 is 22.1 Å². The van der Waals surface area contributed by atoms with Gasteiger partial charge in [0.25, 0.3) is 0 Å². The van der Waals surface area contributed by atoms with Crippen LogP contribution in [0.5, 0.6) is 0 Å². The third kappa shape index (κ3) is 2.50. The third-order valence-electron chi connectivity index (χ3n) is 4.23. The molecule has 19 heavy (non-hydrogen) atoms. The Bertz CT molecular complexity index is 571. The number of nitrogen functional groups attached to an aromatic ring is 1. The van der Waals surface area contributed by atoms with Crippen molar-refractivity contribution in [1.29, 1.82) is 0 Å². The number of pyridine rings is 1. The van der Waals surface area contributed by atoms with Crippen LogP contribution in [-0.4, -0.2) is 11.0 Å². The first-order valence-electron chi connectivity index (χ1n) is 7.13. The van der Waals surface area contributed by atoms with Crippen LogP contribution >= 0.6 is 0 Å². The highest BCUT2D eigenvalue weighted by molar-refractivity contribution is 6.00. The maximum absolute atomic E-state index is 6.01. The summed E-state index contributed by atoms with van der Waals surface area (Å²) in [6.07, 6.45) is 8.85. The lowest BCUT2D eigenvalue weighted by Crippen LogP contribution is -2.25. The number of benzene rings is 1. The van der Waals surface area contributed by atoms with Gasteiger partial charge in [0.1, 0.15) is 0 Å². The van der Waals surface area contributed by atoms with Gasteiger partial charge in [0.05, 0.1) is 0 Å². The third-order valence-corrected chi connectivity index (χ3v) is 4.23. The lowest BCUT2D eigenvalue weighted by Gasteiger charge is -2.28. The van der Waals surface area contributed by atoms with Crippen molar-refractivity contribution in [2.24, 2.45) is 5.92 Å². The Kier molecular flexibility index (Phi) is 3.28. The summed E-state index contributed by atoms with van der Waals surface area (Å²) in [4.78, 5) is 4.16. The summed E-state index contributed by atoms with van der Waals surface area (Å²) < 4.78 is 0. The van der Waals surface area contributed by atoms with Crippen LogP contribution in [0.3, 0.4) is 0 Å². The van der Waals surface area contributed by atoms with Crippen LogP contribution in [0.4, 0.5) is 11.4 Å². The number of rotatable bonds is 2. The maximum Gasteiger partial charge on any atom is 0.0424 e. The van der Waals surface area contributed by atoms with Gasteiger partial charge < -0.3 is 11.1 Å². The zero-order chi connectivity index (χ0) is 13.2. The highest BCUT2D eigenvalue weighted by Crippen LogP contribution is 2.31. The number of anilines is 2. The zero-order valence-electron chi connectivity index (χ0n) is 11.4. The summed E-state index contributed by atoms with van der Waals surface area (Å²) >= 11 is 0. The molecule has 1 aliphatic carbocycles. The van der Waals surface area contributed by atoms with E-state index < -0.39 is 0 Å². The summed E-state index contributed by atoms with van der Waals surface area (Å²) in [7, 11) is 0. The van der Waals surface area contributed by atoms with Crippen molar-refractivity contribution in [3.63, 3.8) is 0 Å². The molecule has 1 aromatic heterocycles. The van der Waals surface area contributed by atoms with Gasteiger partial charge >= 0.3 is 0 Å². The Morgan fingerprint density at radius 1 is 1.11 bits per heavy atom. The molecule has 1 heterocycles. The van der Waals surface area contributed by atoms with Crippen molar-refractivity contribution in [2.75, 3.05) is 11.1 Å². The van der Waals surface area contributed by atoms with Crippen LogP contribution in [-0.2, 0) is 0 Å². The predicted molar refractivity (Wildman–Crippen MR) is 81.2 cm³/mol. The van der Waals surface area contributed by atoms with E-state index in [1.165, 1.54) is 36.8 Å². The zero-order valence-corrected chi connectivity index (χ0v) is 11.4. The molecule has 0 radical (unpaired) electrons. The second kappa shape index (κ2) is 5.08. The van der Waals surface area contributed by atoms with Crippen LogP contribution in [0.1, 0.15) is 32.6 Å². The number of fused-ring (bicyclic) bond motifs is 1. The highest BCUT2D eigenvalue weighted by atomic mass is 14.9. The van der Waals surface area contributed by atoms with E-state index in [4.69, 9.17) is 5.73 Å². The summed E-state index contributed by atoms with van der Waals surface area (Å²) in [6, 6.07) is 6.70. The molecule has 0 atom stereocenters. The van der Waals surface area contributed by atoms with Gasteiger partial charge in [-0.3, -0.25) is 4.98 Å². The van der Waals surface area contributed by atoms with Crippen molar-refractivity contribution in [1.82, 2.24) is 4.98 Å². The molecule has 3 heteroatoms. The van der Waals surface area contributed by atoms with Crippen LogP contribution < -0.4 is 11.1 Å². The maximum atomic E-state index is 6.01. The standard InChI is InChI=1S/C16H21N3/c1-11-2-4-12(5-3-11)19-16-7-6-15(17)14-10-18-9-8-13(14)16/h6-12,19H,2-5,17H2,1H3. The fourth-order valence-electron chi connectivity index (χ4n) is 2.96. The molecule has 3 rings (SSSR count). The monoisotopic (exact) mass is 255 g/mol. The smallest absolute Gasteiger partial charge is 0.0424 e. The van der Waals surface area contributed by atoms with Crippen molar-refractivity contribution in [3.05, 3.63) is 30.6 Å². The van der Waals surface area contributed by atoms with E-state index in [2.05, 4.69) is 23.3 Å². The fourth-order valence-corrected chi connectivity index (χ4v) is 2.96. The Balaban J connectivity index is 1.87. The van der Waals surface area contributed by atoms with Crippen molar-refractivity contribution in [3.8, 4) is 0 Å². The van der Waals surface area contributed by atoms with Crippen LogP contribution in [0.25, 0.3) is 10.8 Å². The minimum Gasteiger partial charge on any atom is -0.398 e. The Morgan fingerprint density at radius 3 is 2.68 bits per heavy atom. The minimum absolute atomic E-state index is 0.594. The predicted octanol–water partition coefficient (Wildman–Crippen LogP) is 3.81. The summed E-state index contributed by atoms with van der Waals surface area (Å²) in [6.45, 7) is 2.35. The molecule has 2 aromatic rings. The van der Waals surface area contributed by atoms with Gasteiger partial charge in [-0.15, -0.1) is 0 Å². The first kappa shape index (κ1) is 12.3. The lowest BCUT2D eigenvalue weighted by atomic mass is 9.87. The molecule has 0 amide bonds. The molecule has 0 bridgehead atoms. The van der Waals surface area contributed by atoms with Crippen LogP contribution in [0.2, 0.25) is 0 Å². The average Bonchev–Trinajstić information content (AvgIpc) is 2.45. The SMILES string of the molecule is CC1CCC(Nc2ccc(N)c3cnccc23)CC1. The van der Waals surface area contributed by atoms with Crippen molar-refractivity contribution < 1.29 is 0 Å². The van der Waals surface area contributed by atoms with E-state index in [-0.39, 0.29) is 0 Å².